The van der Waals surface area contributed by atoms with E-state index in [2.05, 4.69) is 0 Å². The van der Waals surface area contributed by atoms with Gasteiger partial charge in [0.15, 0.2) is 0 Å². The van der Waals surface area contributed by atoms with Gasteiger partial charge in [-0.15, -0.1) is 0 Å². The second-order valence-electron chi connectivity index (χ2n) is 4.03. The van der Waals surface area contributed by atoms with Crippen LogP contribution in [0.3, 0.4) is 0 Å². The minimum absolute atomic E-state index is 0.233. The van der Waals surface area contributed by atoms with Gasteiger partial charge in [0.1, 0.15) is 11.3 Å². The van der Waals surface area contributed by atoms with Gasteiger partial charge in [-0.1, -0.05) is 36.4 Å². The van der Waals surface area contributed by atoms with Gasteiger partial charge in [-0.25, -0.2) is 4.79 Å². The molecule has 88 valence electrons. The molecular formula is C15H10O3. The predicted octanol–water partition coefficient (Wildman–Crippen LogP) is 3.80. The van der Waals surface area contributed by atoms with Gasteiger partial charge in [0.05, 0.1) is 5.56 Å². The Labute approximate surface area is 103 Å². The lowest BCUT2D eigenvalue weighted by Gasteiger charge is -1.94. The van der Waals surface area contributed by atoms with Crippen molar-refractivity contribution in [1.82, 2.24) is 0 Å². The molecule has 0 saturated heterocycles. The molecule has 0 atom stereocenters. The first-order valence-corrected chi connectivity index (χ1v) is 5.56. The third-order valence-electron chi connectivity index (χ3n) is 2.83. The van der Waals surface area contributed by atoms with Crippen molar-refractivity contribution in [1.29, 1.82) is 0 Å². The molecule has 0 fully saturated rings. The molecule has 0 aliphatic carbocycles. The lowest BCUT2D eigenvalue weighted by molar-refractivity contribution is 0.0697. The fraction of sp³-hybridized carbons (Fsp3) is 0. The standard InChI is InChI=1S/C15H10O3/c16-15(17)12-7-6-11-8-13(18-14(11)9-12)10-4-2-1-3-5-10/h1-9H,(H,16,17). The third kappa shape index (κ3) is 1.76. The Bertz CT molecular complexity index is 711. The van der Waals surface area contributed by atoms with E-state index in [1.54, 1.807) is 18.2 Å². The van der Waals surface area contributed by atoms with Crippen LogP contribution in [0.4, 0.5) is 0 Å². The number of carboxylic acid groups (broad SMARTS) is 1. The van der Waals surface area contributed by atoms with Crippen LogP contribution in [0.15, 0.2) is 59.0 Å². The fourth-order valence-corrected chi connectivity index (χ4v) is 1.91. The number of rotatable bonds is 2. The minimum atomic E-state index is -0.949. The molecule has 18 heavy (non-hydrogen) atoms. The van der Waals surface area contributed by atoms with E-state index in [-0.39, 0.29) is 5.56 Å². The van der Waals surface area contributed by atoms with Gasteiger partial charge in [-0.05, 0) is 18.2 Å². The highest BCUT2D eigenvalue weighted by atomic mass is 16.4. The first kappa shape index (κ1) is 10.6. The summed E-state index contributed by atoms with van der Waals surface area (Å²) in [5.74, 6) is -0.206. The summed E-state index contributed by atoms with van der Waals surface area (Å²) in [5.41, 5.74) is 1.80. The van der Waals surface area contributed by atoms with Gasteiger partial charge in [0, 0.05) is 10.9 Å². The molecular weight excluding hydrogens is 228 g/mol. The summed E-state index contributed by atoms with van der Waals surface area (Å²) in [6.45, 7) is 0. The quantitative estimate of drug-likeness (QED) is 0.738. The average molecular weight is 238 g/mol. The lowest BCUT2D eigenvalue weighted by atomic mass is 10.1. The van der Waals surface area contributed by atoms with Gasteiger partial charge in [0.2, 0.25) is 0 Å². The zero-order valence-electron chi connectivity index (χ0n) is 9.46. The molecule has 1 heterocycles. The Morgan fingerprint density at radius 3 is 2.50 bits per heavy atom. The molecule has 0 unspecified atom stereocenters. The molecule has 0 bridgehead atoms. The maximum atomic E-state index is 10.9. The highest BCUT2D eigenvalue weighted by Gasteiger charge is 2.09. The van der Waals surface area contributed by atoms with Crippen molar-refractivity contribution < 1.29 is 14.3 Å². The van der Waals surface area contributed by atoms with Crippen LogP contribution in [-0.4, -0.2) is 11.1 Å². The third-order valence-corrected chi connectivity index (χ3v) is 2.83. The zero-order valence-corrected chi connectivity index (χ0v) is 9.46. The molecule has 3 rings (SSSR count). The number of hydrogen-bond donors (Lipinski definition) is 1. The van der Waals surface area contributed by atoms with Gasteiger partial charge in [-0.3, -0.25) is 0 Å². The Morgan fingerprint density at radius 1 is 1.00 bits per heavy atom. The second kappa shape index (κ2) is 4.04. The van der Waals surface area contributed by atoms with Crippen LogP contribution in [0, 0.1) is 0 Å². The number of benzene rings is 2. The van der Waals surface area contributed by atoms with Crippen molar-refractivity contribution in [3.8, 4) is 11.3 Å². The molecule has 2 aromatic carbocycles. The minimum Gasteiger partial charge on any atom is -0.478 e. The van der Waals surface area contributed by atoms with Crippen molar-refractivity contribution in [2.24, 2.45) is 0 Å². The van der Waals surface area contributed by atoms with Crippen LogP contribution in [0.2, 0.25) is 0 Å². The molecule has 0 saturated carbocycles. The van der Waals surface area contributed by atoms with Crippen LogP contribution in [0.1, 0.15) is 10.4 Å². The van der Waals surface area contributed by atoms with Crippen LogP contribution < -0.4 is 0 Å². The smallest absolute Gasteiger partial charge is 0.335 e. The molecule has 0 radical (unpaired) electrons. The largest absolute Gasteiger partial charge is 0.478 e. The highest BCUT2D eigenvalue weighted by Crippen LogP contribution is 2.28. The zero-order chi connectivity index (χ0) is 12.5. The summed E-state index contributed by atoms with van der Waals surface area (Å²) in [5, 5.41) is 9.83. The van der Waals surface area contributed by atoms with E-state index >= 15 is 0 Å². The summed E-state index contributed by atoms with van der Waals surface area (Å²) in [7, 11) is 0. The number of carbonyl (C=O) groups is 1. The molecule has 1 aromatic heterocycles. The molecule has 3 heteroatoms. The Balaban J connectivity index is 2.14. The second-order valence-corrected chi connectivity index (χ2v) is 4.03. The van der Waals surface area contributed by atoms with Crippen molar-refractivity contribution in [2.75, 3.05) is 0 Å². The molecule has 0 amide bonds. The molecule has 3 nitrogen and oxygen atoms in total. The average Bonchev–Trinajstić information content (AvgIpc) is 2.82. The van der Waals surface area contributed by atoms with Crippen molar-refractivity contribution in [3.63, 3.8) is 0 Å². The molecule has 0 aliphatic rings. The number of aromatic carboxylic acids is 1. The number of furan rings is 1. The van der Waals surface area contributed by atoms with Crippen molar-refractivity contribution in [3.05, 3.63) is 60.2 Å². The van der Waals surface area contributed by atoms with E-state index in [1.165, 1.54) is 0 Å². The van der Waals surface area contributed by atoms with E-state index < -0.39 is 5.97 Å². The normalized spacial score (nSPS) is 10.7. The van der Waals surface area contributed by atoms with Crippen molar-refractivity contribution >= 4 is 16.9 Å². The van der Waals surface area contributed by atoms with Crippen LogP contribution in [0.25, 0.3) is 22.3 Å². The number of fused-ring (bicyclic) bond motifs is 1. The van der Waals surface area contributed by atoms with Crippen LogP contribution >= 0.6 is 0 Å². The summed E-state index contributed by atoms with van der Waals surface area (Å²) in [4.78, 5) is 10.9. The first-order chi connectivity index (χ1) is 8.74. The Kier molecular flexibility index (Phi) is 2.38. The summed E-state index contributed by atoms with van der Waals surface area (Å²) in [6, 6.07) is 16.5. The lowest BCUT2D eigenvalue weighted by Crippen LogP contribution is -1.94. The monoisotopic (exact) mass is 238 g/mol. The van der Waals surface area contributed by atoms with Crippen LogP contribution in [-0.2, 0) is 0 Å². The Hall–Kier alpha value is -2.55. The first-order valence-electron chi connectivity index (χ1n) is 5.56. The SMILES string of the molecule is O=C(O)c1ccc2cc(-c3ccccc3)oc2c1. The summed E-state index contributed by atoms with van der Waals surface area (Å²) in [6.07, 6.45) is 0. The fourth-order valence-electron chi connectivity index (χ4n) is 1.91. The van der Waals surface area contributed by atoms with E-state index in [0.29, 0.717) is 5.58 Å². The Morgan fingerprint density at radius 2 is 1.78 bits per heavy atom. The van der Waals surface area contributed by atoms with Gasteiger partial charge < -0.3 is 9.52 Å². The summed E-state index contributed by atoms with van der Waals surface area (Å²) >= 11 is 0. The summed E-state index contributed by atoms with van der Waals surface area (Å²) < 4.78 is 5.68. The van der Waals surface area contributed by atoms with E-state index in [4.69, 9.17) is 9.52 Å². The van der Waals surface area contributed by atoms with Crippen LogP contribution in [0.5, 0.6) is 0 Å². The number of carboxylic acids is 1. The highest BCUT2D eigenvalue weighted by molar-refractivity contribution is 5.93. The maximum Gasteiger partial charge on any atom is 0.335 e. The van der Waals surface area contributed by atoms with E-state index in [1.807, 2.05) is 36.4 Å². The van der Waals surface area contributed by atoms with E-state index in [0.717, 1.165) is 16.7 Å². The molecule has 3 aromatic rings. The number of hydrogen-bond acceptors (Lipinski definition) is 2. The molecule has 0 aliphatic heterocycles. The predicted molar refractivity (Wildman–Crippen MR) is 68.6 cm³/mol. The maximum absolute atomic E-state index is 10.9. The topological polar surface area (TPSA) is 50.4 Å². The molecule has 0 spiro atoms. The van der Waals surface area contributed by atoms with Crippen molar-refractivity contribution in [2.45, 2.75) is 0 Å². The van der Waals surface area contributed by atoms with Gasteiger partial charge >= 0.3 is 5.97 Å². The van der Waals surface area contributed by atoms with E-state index in [9.17, 15) is 4.79 Å². The van der Waals surface area contributed by atoms with Gasteiger partial charge in [-0.2, -0.15) is 0 Å². The van der Waals surface area contributed by atoms with Gasteiger partial charge in [0.25, 0.3) is 0 Å². The molecule has 1 N–H and O–H groups in total.